The van der Waals surface area contributed by atoms with E-state index in [1.54, 1.807) is 18.2 Å². The van der Waals surface area contributed by atoms with Gasteiger partial charge in [-0.2, -0.15) is 0 Å². The predicted molar refractivity (Wildman–Crippen MR) is 107 cm³/mol. The number of hydrogen-bond acceptors (Lipinski definition) is 5. The predicted octanol–water partition coefficient (Wildman–Crippen LogP) is 3.75. The van der Waals surface area contributed by atoms with E-state index >= 15 is 0 Å². The van der Waals surface area contributed by atoms with Crippen LogP contribution in [0.4, 0.5) is 0 Å². The normalized spacial score (nSPS) is 21.8. The number of carbonyl (C=O) groups is 2. The van der Waals surface area contributed by atoms with Crippen molar-refractivity contribution >= 4 is 29.6 Å². The van der Waals surface area contributed by atoms with Crippen LogP contribution in [0.25, 0.3) is 6.08 Å². The molecule has 2 aliphatic rings. The number of halogens is 1. The van der Waals surface area contributed by atoms with Crippen molar-refractivity contribution in [3.05, 3.63) is 28.8 Å². The molecule has 1 aromatic carbocycles. The maximum absolute atomic E-state index is 12.0. The Morgan fingerprint density at radius 3 is 2.82 bits per heavy atom. The van der Waals surface area contributed by atoms with Crippen LogP contribution in [0.5, 0.6) is 11.5 Å². The summed E-state index contributed by atoms with van der Waals surface area (Å²) in [6.07, 6.45) is 8.05. The minimum absolute atomic E-state index is 0.166. The summed E-state index contributed by atoms with van der Waals surface area (Å²) < 4.78 is 16.2. The van der Waals surface area contributed by atoms with Gasteiger partial charge in [0, 0.05) is 18.5 Å². The van der Waals surface area contributed by atoms with Gasteiger partial charge in [-0.1, -0.05) is 31.4 Å². The first-order valence-corrected chi connectivity index (χ1v) is 10.1. The first kappa shape index (κ1) is 20.5. The zero-order valence-electron chi connectivity index (χ0n) is 16.0. The third-order valence-corrected chi connectivity index (χ3v) is 5.32. The van der Waals surface area contributed by atoms with Crippen LogP contribution >= 0.6 is 11.6 Å². The van der Waals surface area contributed by atoms with Gasteiger partial charge in [0.15, 0.2) is 18.1 Å². The third kappa shape index (κ3) is 5.64. The average Bonchev–Trinajstić information content (AvgIpc) is 2.92. The monoisotopic (exact) mass is 407 g/mol. The van der Waals surface area contributed by atoms with E-state index in [0.717, 1.165) is 25.7 Å². The van der Waals surface area contributed by atoms with E-state index in [-0.39, 0.29) is 18.6 Å². The summed E-state index contributed by atoms with van der Waals surface area (Å²) in [4.78, 5) is 23.9. The summed E-state index contributed by atoms with van der Waals surface area (Å²) in [5.41, 5.74) is 0.687. The second-order valence-electron chi connectivity index (χ2n) is 7.26. The van der Waals surface area contributed by atoms with Crippen LogP contribution in [-0.2, 0) is 14.3 Å². The van der Waals surface area contributed by atoms with Crippen molar-refractivity contribution in [1.82, 2.24) is 5.32 Å². The topological polar surface area (TPSA) is 73.9 Å². The smallest absolute Gasteiger partial charge is 0.331 e. The molecule has 1 N–H and O–H groups in total. The number of fused-ring (bicyclic) bond motifs is 1. The second-order valence-corrected chi connectivity index (χ2v) is 7.66. The molecule has 0 aromatic heterocycles. The molecule has 1 fully saturated rings. The standard InChI is InChI=1S/C21H26ClNO5/c1-14-5-2-3-6-17(14)23-19(24)13-28-20(25)8-7-15-11-16(22)21-18(12-15)26-9-4-10-27-21/h7-8,11-12,14,17H,2-6,9-10,13H2,1H3,(H,23,24)/b8-7+/t14-,17-/m1/s1. The summed E-state index contributed by atoms with van der Waals surface area (Å²) in [6.45, 7) is 2.96. The van der Waals surface area contributed by atoms with E-state index in [4.69, 9.17) is 25.8 Å². The van der Waals surface area contributed by atoms with Crippen molar-refractivity contribution < 1.29 is 23.8 Å². The molecule has 0 radical (unpaired) electrons. The Morgan fingerprint density at radius 1 is 1.21 bits per heavy atom. The van der Waals surface area contributed by atoms with Gasteiger partial charge in [0.1, 0.15) is 0 Å². The van der Waals surface area contributed by atoms with Crippen LogP contribution in [0.3, 0.4) is 0 Å². The van der Waals surface area contributed by atoms with E-state index in [9.17, 15) is 9.59 Å². The molecule has 1 amide bonds. The highest BCUT2D eigenvalue weighted by atomic mass is 35.5. The molecule has 0 saturated heterocycles. The lowest BCUT2D eigenvalue weighted by molar-refractivity contribution is -0.144. The lowest BCUT2D eigenvalue weighted by atomic mass is 9.86. The zero-order chi connectivity index (χ0) is 19.9. The van der Waals surface area contributed by atoms with Gasteiger partial charge >= 0.3 is 5.97 Å². The molecule has 1 aliphatic heterocycles. The molecular formula is C21H26ClNO5. The van der Waals surface area contributed by atoms with Gasteiger partial charge in [-0.3, -0.25) is 4.79 Å². The Bertz CT molecular complexity index is 749. The van der Waals surface area contributed by atoms with Crippen molar-refractivity contribution in [2.24, 2.45) is 5.92 Å². The van der Waals surface area contributed by atoms with Crippen LogP contribution in [0.1, 0.15) is 44.6 Å². The van der Waals surface area contributed by atoms with Crippen molar-refractivity contribution in [2.45, 2.75) is 45.1 Å². The molecule has 1 saturated carbocycles. The van der Waals surface area contributed by atoms with Crippen molar-refractivity contribution in [3.63, 3.8) is 0 Å². The Hall–Kier alpha value is -2.21. The number of amides is 1. The third-order valence-electron chi connectivity index (χ3n) is 5.04. The van der Waals surface area contributed by atoms with Crippen molar-refractivity contribution in [2.75, 3.05) is 19.8 Å². The van der Waals surface area contributed by atoms with Gasteiger partial charge in [-0.25, -0.2) is 4.79 Å². The van der Waals surface area contributed by atoms with Gasteiger partial charge < -0.3 is 19.5 Å². The second kappa shape index (κ2) is 9.82. The fourth-order valence-corrected chi connectivity index (χ4v) is 3.75. The van der Waals surface area contributed by atoms with Crippen LogP contribution in [-0.4, -0.2) is 37.7 Å². The van der Waals surface area contributed by atoms with Gasteiger partial charge in [0.05, 0.1) is 18.2 Å². The summed E-state index contributed by atoms with van der Waals surface area (Å²) in [5, 5.41) is 3.38. The molecule has 7 heteroatoms. The van der Waals surface area contributed by atoms with Crippen molar-refractivity contribution in [3.8, 4) is 11.5 Å². The number of rotatable bonds is 5. The number of nitrogens with one attached hydrogen (secondary N) is 1. The molecule has 0 bridgehead atoms. The maximum Gasteiger partial charge on any atom is 0.331 e. The highest BCUT2D eigenvalue weighted by Gasteiger charge is 2.23. The molecule has 1 aromatic rings. The molecule has 6 nitrogen and oxygen atoms in total. The largest absolute Gasteiger partial charge is 0.489 e. The molecule has 2 atom stereocenters. The quantitative estimate of drug-likeness (QED) is 0.594. The minimum Gasteiger partial charge on any atom is -0.489 e. The highest BCUT2D eigenvalue weighted by Crippen LogP contribution is 2.38. The fourth-order valence-electron chi connectivity index (χ4n) is 3.48. The van der Waals surface area contributed by atoms with E-state index in [1.165, 1.54) is 12.5 Å². The molecule has 0 unspecified atom stereocenters. The molecule has 3 rings (SSSR count). The van der Waals surface area contributed by atoms with Crippen LogP contribution < -0.4 is 14.8 Å². The Morgan fingerprint density at radius 2 is 2.00 bits per heavy atom. The van der Waals surface area contributed by atoms with Gasteiger partial charge in [-0.05, 0) is 42.5 Å². The molecule has 152 valence electrons. The van der Waals surface area contributed by atoms with Crippen LogP contribution in [0, 0.1) is 5.92 Å². The SMILES string of the molecule is C[C@@H]1CCCC[C@H]1NC(=O)COC(=O)/C=C/c1cc(Cl)c2c(c1)OCCCO2. The number of esters is 1. The Kier molecular flexibility index (Phi) is 7.20. The summed E-state index contributed by atoms with van der Waals surface area (Å²) in [7, 11) is 0. The van der Waals surface area contributed by atoms with Crippen molar-refractivity contribution in [1.29, 1.82) is 0 Å². The van der Waals surface area contributed by atoms with Gasteiger partial charge in [-0.15, -0.1) is 0 Å². The Labute approximate surface area is 170 Å². The fraction of sp³-hybridized carbons (Fsp3) is 0.524. The zero-order valence-corrected chi connectivity index (χ0v) is 16.8. The minimum atomic E-state index is -0.588. The lowest BCUT2D eigenvalue weighted by Crippen LogP contribution is -2.42. The van der Waals surface area contributed by atoms with Crippen LogP contribution in [0.2, 0.25) is 5.02 Å². The van der Waals surface area contributed by atoms with E-state index in [1.807, 2.05) is 0 Å². The average molecular weight is 408 g/mol. The molecular weight excluding hydrogens is 382 g/mol. The van der Waals surface area contributed by atoms with Gasteiger partial charge in [0.25, 0.3) is 5.91 Å². The van der Waals surface area contributed by atoms with Gasteiger partial charge in [0.2, 0.25) is 0 Å². The number of hydrogen-bond donors (Lipinski definition) is 1. The Balaban J connectivity index is 1.50. The maximum atomic E-state index is 12.0. The number of benzene rings is 1. The summed E-state index contributed by atoms with van der Waals surface area (Å²) in [6, 6.07) is 3.61. The highest BCUT2D eigenvalue weighted by molar-refractivity contribution is 6.32. The number of carbonyl (C=O) groups excluding carboxylic acids is 2. The van der Waals surface area contributed by atoms with Crippen LogP contribution in [0.15, 0.2) is 18.2 Å². The summed E-state index contributed by atoms with van der Waals surface area (Å²) in [5.74, 6) is 0.679. The van der Waals surface area contributed by atoms with E-state index in [2.05, 4.69) is 12.2 Å². The number of ether oxygens (including phenoxy) is 3. The first-order chi connectivity index (χ1) is 13.5. The first-order valence-electron chi connectivity index (χ1n) is 9.76. The lowest BCUT2D eigenvalue weighted by Gasteiger charge is -2.29. The molecule has 0 spiro atoms. The molecule has 1 aliphatic carbocycles. The molecule has 1 heterocycles. The molecule has 28 heavy (non-hydrogen) atoms. The summed E-state index contributed by atoms with van der Waals surface area (Å²) >= 11 is 6.23. The van der Waals surface area contributed by atoms with E-state index in [0.29, 0.717) is 41.2 Å². The van der Waals surface area contributed by atoms with E-state index < -0.39 is 5.97 Å².